The molecular weight excluding hydrogens is 158 g/mol. The van der Waals surface area contributed by atoms with Crippen molar-refractivity contribution in [3.8, 4) is 0 Å². The van der Waals surface area contributed by atoms with Crippen molar-refractivity contribution in [2.45, 2.75) is 38.6 Å². The van der Waals surface area contributed by atoms with E-state index < -0.39 is 0 Å². The van der Waals surface area contributed by atoms with Gasteiger partial charge in [0.1, 0.15) is 0 Å². The van der Waals surface area contributed by atoms with Crippen LogP contribution in [0.15, 0.2) is 18.2 Å². The Morgan fingerprint density at radius 2 is 2.23 bits per heavy atom. The van der Waals surface area contributed by atoms with Gasteiger partial charge in [0.25, 0.3) is 0 Å². The summed E-state index contributed by atoms with van der Waals surface area (Å²) in [6, 6.07) is 7.23. The van der Waals surface area contributed by atoms with Gasteiger partial charge in [-0.1, -0.05) is 25.1 Å². The van der Waals surface area contributed by atoms with Crippen molar-refractivity contribution in [3.63, 3.8) is 0 Å². The van der Waals surface area contributed by atoms with E-state index in [1.165, 1.54) is 23.1 Å². The van der Waals surface area contributed by atoms with E-state index in [0.717, 1.165) is 19.3 Å². The molecule has 2 N–H and O–H groups in total. The molecule has 1 nitrogen and oxygen atoms in total. The Morgan fingerprint density at radius 3 is 3.00 bits per heavy atom. The topological polar surface area (TPSA) is 26.0 Å². The van der Waals surface area contributed by atoms with Crippen LogP contribution in [0.2, 0.25) is 0 Å². The molecule has 0 spiro atoms. The third-order valence-corrected chi connectivity index (χ3v) is 2.95. The number of nitrogens with two attached hydrogens (primary N) is 1. The largest absolute Gasteiger partial charge is 0.327 e. The molecule has 0 unspecified atom stereocenters. The van der Waals surface area contributed by atoms with Crippen LogP contribution in [0.5, 0.6) is 0 Å². The number of hydrogen-bond acceptors (Lipinski definition) is 1. The fraction of sp³-hybridized carbons (Fsp3) is 0.500. The molecule has 1 heteroatoms. The average Bonchev–Trinajstić information content (AvgIpc) is 2.17. The molecule has 0 bridgehead atoms. The summed E-state index contributed by atoms with van der Waals surface area (Å²) in [5, 5.41) is 0. The summed E-state index contributed by atoms with van der Waals surface area (Å²) in [4.78, 5) is 0. The third kappa shape index (κ3) is 1.75. The lowest BCUT2D eigenvalue weighted by Gasteiger charge is -2.21. The summed E-state index contributed by atoms with van der Waals surface area (Å²) in [7, 11) is 0. The Balaban J connectivity index is 2.31. The molecular formula is C12H17N. The molecule has 0 radical (unpaired) electrons. The van der Waals surface area contributed by atoms with Crippen molar-refractivity contribution < 1.29 is 0 Å². The zero-order chi connectivity index (χ0) is 9.26. The highest BCUT2D eigenvalue weighted by Crippen LogP contribution is 2.21. The lowest BCUT2D eigenvalue weighted by atomic mass is 9.87. The maximum Gasteiger partial charge on any atom is 0.00825 e. The molecule has 70 valence electrons. The average molecular weight is 175 g/mol. The molecule has 0 saturated carbocycles. The van der Waals surface area contributed by atoms with Crippen molar-refractivity contribution in [2.75, 3.05) is 0 Å². The van der Waals surface area contributed by atoms with Crippen LogP contribution in [0.4, 0.5) is 0 Å². The summed E-state index contributed by atoms with van der Waals surface area (Å²) < 4.78 is 0. The second-order valence-electron chi connectivity index (χ2n) is 3.96. The minimum absolute atomic E-state index is 0.389. The van der Waals surface area contributed by atoms with Crippen LogP contribution in [0, 0.1) is 0 Å². The highest BCUT2D eigenvalue weighted by molar-refractivity contribution is 5.34. The molecule has 0 fully saturated rings. The number of hydrogen-bond donors (Lipinski definition) is 1. The van der Waals surface area contributed by atoms with Gasteiger partial charge in [0, 0.05) is 6.04 Å². The van der Waals surface area contributed by atoms with E-state index in [9.17, 15) is 0 Å². The standard InChI is InChI=1S/C12H17N/c1-2-9-3-4-11-8-12(13)6-5-10(11)7-9/h3-4,7,12H,2,5-6,8,13H2,1H3/t12-/m1/s1. The van der Waals surface area contributed by atoms with Crippen molar-refractivity contribution >= 4 is 0 Å². The smallest absolute Gasteiger partial charge is 0.00825 e. The van der Waals surface area contributed by atoms with Crippen LogP contribution in [0.1, 0.15) is 30.0 Å². The van der Waals surface area contributed by atoms with Gasteiger partial charge in [-0.3, -0.25) is 0 Å². The van der Waals surface area contributed by atoms with Crippen molar-refractivity contribution in [1.82, 2.24) is 0 Å². The Bertz CT molecular complexity index is 304. The SMILES string of the molecule is CCc1ccc2c(c1)CC[C@@H](N)C2. The number of benzene rings is 1. The van der Waals surface area contributed by atoms with Crippen molar-refractivity contribution in [3.05, 3.63) is 34.9 Å². The highest BCUT2D eigenvalue weighted by Gasteiger charge is 2.14. The van der Waals surface area contributed by atoms with Gasteiger partial charge in [-0.15, -0.1) is 0 Å². The van der Waals surface area contributed by atoms with Gasteiger partial charge in [-0.25, -0.2) is 0 Å². The van der Waals surface area contributed by atoms with E-state index in [2.05, 4.69) is 25.1 Å². The first kappa shape index (κ1) is 8.76. The van der Waals surface area contributed by atoms with Crippen molar-refractivity contribution in [1.29, 1.82) is 0 Å². The van der Waals surface area contributed by atoms with Crippen molar-refractivity contribution in [2.24, 2.45) is 5.73 Å². The van der Waals surface area contributed by atoms with Gasteiger partial charge in [0.05, 0.1) is 0 Å². The Hall–Kier alpha value is -0.820. The normalized spacial score (nSPS) is 21.2. The summed E-state index contributed by atoms with van der Waals surface area (Å²) in [6.07, 6.45) is 4.53. The summed E-state index contributed by atoms with van der Waals surface area (Å²) >= 11 is 0. The first-order chi connectivity index (χ1) is 6.29. The Labute approximate surface area is 80.0 Å². The van der Waals surface area contributed by atoms with Gasteiger partial charge in [0.15, 0.2) is 0 Å². The zero-order valence-corrected chi connectivity index (χ0v) is 8.22. The van der Waals surface area contributed by atoms with Crippen LogP contribution < -0.4 is 5.73 Å². The minimum Gasteiger partial charge on any atom is -0.327 e. The first-order valence-corrected chi connectivity index (χ1v) is 5.16. The maximum absolute atomic E-state index is 5.92. The van der Waals surface area contributed by atoms with Crippen LogP contribution in [-0.2, 0) is 19.3 Å². The van der Waals surface area contributed by atoms with E-state index in [1.54, 1.807) is 0 Å². The Kier molecular flexibility index (Phi) is 2.36. The lowest BCUT2D eigenvalue weighted by Crippen LogP contribution is -2.27. The van der Waals surface area contributed by atoms with E-state index >= 15 is 0 Å². The van der Waals surface area contributed by atoms with Crippen LogP contribution in [0.3, 0.4) is 0 Å². The predicted molar refractivity (Wildman–Crippen MR) is 55.8 cm³/mol. The van der Waals surface area contributed by atoms with E-state index in [4.69, 9.17) is 5.73 Å². The number of aryl methyl sites for hydroxylation is 2. The van der Waals surface area contributed by atoms with E-state index in [1.807, 2.05) is 0 Å². The van der Waals surface area contributed by atoms with Gasteiger partial charge >= 0.3 is 0 Å². The molecule has 1 aliphatic carbocycles. The van der Waals surface area contributed by atoms with E-state index in [-0.39, 0.29) is 0 Å². The minimum atomic E-state index is 0.389. The highest BCUT2D eigenvalue weighted by atomic mass is 14.6. The molecule has 0 heterocycles. The van der Waals surface area contributed by atoms with E-state index in [0.29, 0.717) is 6.04 Å². The molecule has 13 heavy (non-hydrogen) atoms. The molecule has 1 atom stereocenters. The maximum atomic E-state index is 5.92. The first-order valence-electron chi connectivity index (χ1n) is 5.16. The fourth-order valence-corrected chi connectivity index (χ4v) is 2.06. The molecule has 1 aromatic rings. The van der Waals surface area contributed by atoms with Crippen LogP contribution >= 0.6 is 0 Å². The number of rotatable bonds is 1. The summed E-state index contributed by atoms with van der Waals surface area (Å²) in [6.45, 7) is 2.20. The summed E-state index contributed by atoms with van der Waals surface area (Å²) in [5.41, 5.74) is 10.4. The monoisotopic (exact) mass is 175 g/mol. The quantitative estimate of drug-likeness (QED) is 0.694. The second-order valence-corrected chi connectivity index (χ2v) is 3.96. The molecule has 1 aromatic carbocycles. The zero-order valence-electron chi connectivity index (χ0n) is 8.22. The molecule has 0 aliphatic heterocycles. The molecule has 1 aliphatic rings. The number of fused-ring (bicyclic) bond motifs is 1. The van der Waals surface area contributed by atoms with Gasteiger partial charge in [-0.2, -0.15) is 0 Å². The molecule has 0 amide bonds. The summed E-state index contributed by atoms with van der Waals surface area (Å²) in [5.74, 6) is 0. The van der Waals surface area contributed by atoms with Crippen LogP contribution in [0.25, 0.3) is 0 Å². The molecule has 0 aromatic heterocycles. The van der Waals surface area contributed by atoms with Gasteiger partial charge in [-0.05, 0) is 42.4 Å². The molecule has 0 saturated heterocycles. The molecule has 2 rings (SSSR count). The fourth-order valence-electron chi connectivity index (χ4n) is 2.06. The van der Waals surface area contributed by atoms with Crippen LogP contribution in [-0.4, -0.2) is 6.04 Å². The lowest BCUT2D eigenvalue weighted by molar-refractivity contribution is 0.576. The van der Waals surface area contributed by atoms with Gasteiger partial charge in [0.2, 0.25) is 0 Å². The third-order valence-electron chi connectivity index (χ3n) is 2.95. The Morgan fingerprint density at radius 1 is 1.38 bits per heavy atom. The predicted octanol–water partition coefficient (Wildman–Crippen LogP) is 2.06. The van der Waals surface area contributed by atoms with Gasteiger partial charge < -0.3 is 5.73 Å². The second kappa shape index (κ2) is 3.51.